The molecule has 8 nitrogen and oxygen atoms in total. The molecule has 1 aromatic carbocycles. The highest BCUT2D eigenvalue weighted by Gasteiger charge is 2.36. The summed E-state index contributed by atoms with van der Waals surface area (Å²) in [4.78, 5) is 27.2. The van der Waals surface area contributed by atoms with Crippen molar-refractivity contribution in [3.63, 3.8) is 0 Å². The number of rotatable bonds is 11. The minimum absolute atomic E-state index is 0.270. The van der Waals surface area contributed by atoms with Gasteiger partial charge in [0.25, 0.3) is 0 Å². The number of carboxylic acid groups (broad SMARTS) is 2. The third kappa shape index (κ3) is 6.63. The number of carboxylic acids is 2. The molecule has 0 aliphatic heterocycles. The molecule has 0 bridgehead atoms. The van der Waals surface area contributed by atoms with Crippen molar-refractivity contribution in [1.29, 1.82) is 0 Å². The maximum Gasteiger partial charge on any atom is 0.305 e. The Labute approximate surface area is 140 Å². The summed E-state index contributed by atoms with van der Waals surface area (Å²) in [6, 6.07) is 8.37. The molecule has 0 amide bonds. The number of hydrogen-bond acceptors (Lipinski definition) is 6. The van der Waals surface area contributed by atoms with Crippen LogP contribution in [-0.4, -0.2) is 51.5 Å². The topological polar surface area (TPSA) is 142 Å². The van der Waals surface area contributed by atoms with E-state index in [0.29, 0.717) is 0 Å². The van der Waals surface area contributed by atoms with Gasteiger partial charge in [0.2, 0.25) is 0 Å². The molecule has 0 aliphatic carbocycles. The lowest BCUT2D eigenvalue weighted by Crippen LogP contribution is -2.56. The zero-order chi connectivity index (χ0) is 18.2. The van der Waals surface area contributed by atoms with E-state index in [1.807, 2.05) is 30.3 Å². The summed E-state index contributed by atoms with van der Waals surface area (Å²) in [6.07, 6.45) is -1.13. The first-order valence-corrected chi connectivity index (χ1v) is 7.55. The molecule has 6 N–H and O–H groups in total. The number of aliphatic carboxylic acids is 2. The Morgan fingerprint density at radius 3 is 2.38 bits per heavy atom. The zero-order valence-electron chi connectivity index (χ0n) is 13.5. The first kappa shape index (κ1) is 20.0. The average molecular weight is 340 g/mol. The first-order chi connectivity index (χ1) is 11.3. The van der Waals surface area contributed by atoms with Gasteiger partial charge in [-0.2, -0.15) is 5.48 Å². The molecule has 0 saturated heterocycles. The van der Waals surface area contributed by atoms with Crippen LogP contribution in [0.2, 0.25) is 0 Å². The Morgan fingerprint density at radius 1 is 1.25 bits per heavy atom. The Kier molecular flexibility index (Phi) is 7.80. The molecule has 0 aliphatic rings. The van der Waals surface area contributed by atoms with Crippen molar-refractivity contribution in [3.05, 3.63) is 35.9 Å². The molecule has 1 aromatic rings. The number of aliphatic hydroxyl groups excluding tert-OH is 1. The second-order valence-electron chi connectivity index (χ2n) is 5.82. The van der Waals surface area contributed by atoms with Crippen LogP contribution >= 0.6 is 0 Å². The van der Waals surface area contributed by atoms with Crippen molar-refractivity contribution in [2.24, 2.45) is 5.73 Å². The van der Waals surface area contributed by atoms with Crippen LogP contribution in [0.15, 0.2) is 30.3 Å². The lowest BCUT2D eigenvalue weighted by Gasteiger charge is -2.34. The van der Waals surface area contributed by atoms with E-state index in [-0.39, 0.29) is 19.3 Å². The number of benzene rings is 1. The van der Waals surface area contributed by atoms with Gasteiger partial charge in [0.1, 0.15) is 0 Å². The molecule has 24 heavy (non-hydrogen) atoms. The Hall–Kier alpha value is -2.00. The number of aliphatic hydroxyl groups is 1. The monoisotopic (exact) mass is 340 g/mol. The van der Waals surface area contributed by atoms with Gasteiger partial charge in [-0.25, -0.2) is 0 Å². The Bertz CT molecular complexity index is 539. The zero-order valence-corrected chi connectivity index (χ0v) is 13.5. The van der Waals surface area contributed by atoms with Gasteiger partial charge in [0.05, 0.1) is 37.1 Å². The molecule has 3 atom stereocenters. The molecule has 0 heterocycles. The number of nitrogens with two attached hydrogens (primary N) is 1. The summed E-state index contributed by atoms with van der Waals surface area (Å²) in [5, 5.41) is 27.0. The van der Waals surface area contributed by atoms with E-state index in [1.54, 1.807) is 6.92 Å². The Morgan fingerprint density at radius 2 is 1.88 bits per heavy atom. The summed E-state index contributed by atoms with van der Waals surface area (Å²) in [5.41, 5.74) is 8.40. The van der Waals surface area contributed by atoms with Crippen LogP contribution in [0.1, 0.15) is 25.3 Å². The van der Waals surface area contributed by atoms with E-state index >= 15 is 0 Å². The van der Waals surface area contributed by atoms with Gasteiger partial charge in [-0.05, 0) is 18.9 Å². The molecular formula is C16H24N2O6. The van der Waals surface area contributed by atoms with Crippen LogP contribution in [-0.2, 0) is 20.8 Å². The molecule has 0 spiro atoms. The van der Waals surface area contributed by atoms with Gasteiger partial charge in [0, 0.05) is 0 Å². The van der Waals surface area contributed by atoms with Crippen LogP contribution in [0.3, 0.4) is 0 Å². The third-order valence-corrected chi connectivity index (χ3v) is 3.72. The van der Waals surface area contributed by atoms with Crippen LogP contribution in [0, 0.1) is 0 Å². The highest BCUT2D eigenvalue weighted by molar-refractivity contribution is 5.68. The van der Waals surface area contributed by atoms with Crippen LogP contribution in [0.25, 0.3) is 0 Å². The highest BCUT2D eigenvalue weighted by Crippen LogP contribution is 2.21. The molecule has 134 valence electrons. The van der Waals surface area contributed by atoms with E-state index in [9.17, 15) is 9.59 Å². The van der Waals surface area contributed by atoms with Crippen LogP contribution in [0.5, 0.6) is 0 Å². The predicted molar refractivity (Wildman–Crippen MR) is 86.1 cm³/mol. The maximum atomic E-state index is 11.2. The summed E-state index contributed by atoms with van der Waals surface area (Å²) in [6.45, 7) is 1.17. The first-order valence-electron chi connectivity index (χ1n) is 7.55. The molecule has 0 aromatic heterocycles. The Balaban J connectivity index is 2.78. The van der Waals surface area contributed by atoms with Crippen molar-refractivity contribution in [1.82, 2.24) is 5.48 Å². The lowest BCUT2D eigenvalue weighted by atomic mass is 9.84. The van der Waals surface area contributed by atoms with Crippen molar-refractivity contribution < 1.29 is 29.7 Å². The smallest absolute Gasteiger partial charge is 0.305 e. The SMILES string of the molecule is C[C@@H](ON[C@H](CO)CC(=O)O)[C@](N)(CC(=O)O)Cc1ccccc1. The second-order valence-corrected chi connectivity index (χ2v) is 5.82. The number of nitrogens with one attached hydrogen (secondary N) is 1. The van der Waals surface area contributed by atoms with Gasteiger partial charge in [0.15, 0.2) is 0 Å². The fourth-order valence-electron chi connectivity index (χ4n) is 2.28. The van der Waals surface area contributed by atoms with E-state index in [1.165, 1.54) is 0 Å². The summed E-state index contributed by atoms with van der Waals surface area (Å²) in [5.74, 6) is -2.15. The second kappa shape index (κ2) is 9.33. The van der Waals surface area contributed by atoms with E-state index in [2.05, 4.69) is 5.48 Å². The van der Waals surface area contributed by atoms with Gasteiger partial charge >= 0.3 is 11.9 Å². The summed E-state index contributed by atoms with van der Waals surface area (Å²) >= 11 is 0. The van der Waals surface area contributed by atoms with Gasteiger partial charge in [-0.15, -0.1) is 0 Å². The number of hydrogen-bond donors (Lipinski definition) is 5. The van der Waals surface area contributed by atoms with Crippen molar-refractivity contribution in [2.45, 2.75) is 43.9 Å². The minimum Gasteiger partial charge on any atom is -0.481 e. The van der Waals surface area contributed by atoms with E-state index in [0.717, 1.165) is 5.56 Å². The normalized spacial score (nSPS) is 16.1. The van der Waals surface area contributed by atoms with Gasteiger partial charge < -0.3 is 21.1 Å². The molecule has 0 fully saturated rings. The fourth-order valence-corrected chi connectivity index (χ4v) is 2.28. The predicted octanol–water partition coefficient (Wildman–Crippen LogP) is 0.147. The molecule has 1 rings (SSSR count). The molecule has 0 radical (unpaired) electrons. The highest BCUT2D eigenvalue weighted by atomic mass is 16.7. The van der Waals surface area contributed by atoms with Gasteiger partial charge in [-0.1, -0.05) is 30.3 Å². The van der Waals surface area contributed by atoms with Crippen molar-refractivity contribution >= 4 is 11.9 Å². The summed E-state index contributed by atoms with van der Waals surface area (Å²) in [7, 11) is 0. The fraction of sp³-hybridized carbons (Fsp3) is 0.500. The van der Waals surface area contributed by atoms with E-state index in [4.69, 9.17) is 25.9 Å². The summed E-state index contributed by atoms with van der Waals surface area (Å²) < 4.78 is 0. The van der Waals surface area contributed by atoms with Gasteiger partial charge in [-0.3, -0.25) is 14.4 Å². The minimum atomic E-state index is -1.20. The molecule has 8 heteroatoms. The number of carbonyl (C=O) groups is 2. The quantitative estimate of drug-likeness (QED) is 0.358. The van der Waals surface area contributed by atoms with Crippen LogP contribution in [0.4, 0.5) is 0 Å². The molecular weight excluding hydrogens is 316 g/mol. The molecule has 0 saturated carbocycles. The maximum absolute atomic E-state index is 11.2. The standard InChI is InChI=1S/C16H24N2O6/c1-11(24-18-13(10-19)7-14(20)21)16(17,9-15(22)23)8-12-5-3-2-4-6-12/h2-6,11,13,18-19H,7-10,17H2,1H3,(H,20,21)(H,22,23)/t11-,13+,16-/m1/s1. The average Bonchev–Trinajstić information content (AvgIpc) is 2.50. The molecule has 0 unspecified atom stereocenters. The lowest BCUT2D eigenvalue weighted by molar-refractivity contribution is -0.143. The third-order valence-electron chi connectivity index (χ3n) is 3.72. The van der Waals surface area contributed by atoms with Crippen LogP contribution < -0.4 is 11.2 Å². The number of hydroxylamine groups is 1. The largest absolute Gasteiger partial charge is 0.481 e. The van der Waals surface area contributed by atoms with Crippen molar-refractivity contribution in [3.8, 4) is 0 Å². The van der Waals surface area contributed by atoms with E-state index < -0.39 is 36.2 Å². The van der Waals surface area contributed by atoms with Crippen molar-refractivity contribution in [2.75, 3.05) is 6.61 Å².